The summed E-state index contributed by atoms with van der Waals surface area (Å²) >= 11 is 0. The zero-order chi connectivity index (χ0) is 19.5. The maximum atomic E-state index is 12.5. The van der Waals surface area contributed by atoms with Crippen LogP contribution in [-0.4, -0.2) is 27.0 Å². The van der Waals surface area contributed by atoms with Crippen LogP contribution in [-0.2, 0) is 17.8 Å². The number of carbonyl (C=O) groups is 1. The van der Waals surface area contributed by atoms with E-state index in [0.717, 1.165) is 23.0 Å². The van der Waals surface area contributed by atoms with E-state index in [1.807, 2.05) is 48.7 Å². The molecule has 0 atom stereocenters. The molecule has 0 saturated carbocycles. The second-order valence-electron chi connectivity index (χ2n) is 6.85. The summed E-state index contributed by atoms with van der Waals surface area (Å²) in [6, 6.07) is 15.6. The SMILES string of the molecule is Cc1nc2ccccc2n(CCC(=O)NCCc2c[nH]c3ccccc23)c1=O. The number of H-pyrrole nitrogens is 1. The third-order valence-corrected chi connectivity index (χ3v) is 4.97. The molecule has 2 N–H and O–H groups in total. The van der Waals surface area contributed by atoms with Crippen molar-refractivity contribution in [3.05, 3.63) is 76.3 Å². The smallest absolute Gasteiger partial charge is 0.272 e. The molecule has 0 aliphatic rings. The lowest BCUT2D eigenvalue weighted by molar-refractivity contribution is -0.121. The molecule has 0 saturated heterocycles. The molecule has 1 amide bonds. The van der Waals surface area contributed by atoms with Gasteiger partial charge in [0.15, 0.2) is 0 Å². The summed E-state index contributed by atoms with van der Waals surface area (Å²) in [5, 5.41) is 4.14. The van der Waals surface area contributed by atoms with Gasteiger partial charge < -0.3 is 14.9 Å². The van der Waals surface area contributed by atoms with E-state index in [1.54, 1.807) is 11.5 Å². The van der Waals surface area contributed by atoms with E-state index in [9.17, 15) is 9.59 Å². The Balaban J connectivity index is 1.38. The summed E-state index contributed by atoms with van der Waals surface area (Å²) in [7, 11) is 0. The predicted molar refractivity (Wildman–Crippen MR) is 110 cm³/mol. The molecular formula is C22H22N4O2. The highest BCUT2D eigenvalue weighted by Crippen LogP contribution is 2.17. The molecule has 2 aromatic heterocycles. The van der Waals surface area contributed by atoms with E-state index in [4.69, 9.17) is 0 Å². The normalized spacial score (nSPS) is 11.2. The van der Waals surface area contributed by atoms with Crippen molar-refractivity contribution in [2.75, 3.05) is 6.54 Å². The minimum Gasteiger partial charge on any atom is -0.361 e. The summed E-state index contributed by atoms with van der Waals surface area (Å²) in [5.41, 5.74) is 4.10. The van der Waals surface area contributed by atoms with Gasteiger partial charge in [0, 0.05) is 36.6 Å². The largest absolute Gasteiger partial charge is 0.361 e. The maximum Gasteiger partial charge on any atom is 0.272 e. The first-order chi connectivity index (χ1) is 13.6. The fourth-order valence-corrected chi connectivity index (χ4v) is 3.52. The minimum atomic E-state index is -0.148. The van der Waals surface area contributed by atoms with Crippen LogP contribution in [0.2, 0.25) is 0 Å². The van der Waals surface area contributed by atoms with E-state index >= 15 is 0 Å². The van der Waals surface area contributed by atoms with Crippen LogP contribution < -0.4 is 10.9 Å². The average molecular weight is 374 g/mol. The number of benzene rings is 2. The van der Waals surface area contributed by atoms with Gasteiger partial charge in [0.2, 0.25) is 5.91 Å². The standard InChI is InChI=1S/C22H22N4O2/c1-15-22(28)26(20-9-5-4-8-19(20)25-15)13-11-21(27)23-12-10-16-14-24-18-7-3-2-6-17(16)18/h2-9,14,24H,10-13H2,1H3,(H,23,27). The number of amides is 1. The lowest BCUT2D eigenvalue weighted by atomic mass is 10.1. The van der Waals surface area contributed by atoms with Gasteiger partial charge in [-0.05, 0) is 37.1 Å². The molecule has 0 spiro atoms. The van der Waals surface area contributed by atoms with Crippen molar-refractivity contribution in [2.45, 2.75) is 26.3 Å². The van der Waals surface area contributed by atoms with E-state index < -0.39 is 0 Å². The highest BCUT2D eigenvalue weighted by atomic mass is 16.1. The maximum absolute atomic E-state index is 12.5. The van der Waals surface area contributed by atoms with Crippen molar-refractivity contribution in [1.29, 1.82) is 0 Å². The summed E-state index contributed by atoms with van der Waals surface area (Å²) in [5.74, 6) is -0.0645. The third kappa shape index (κ3) is 3.53. The van der Waals surface area contributed by atoms with Crippen molar-refractivity contribution >= 4 is 27.8 Å². The number of aryl methyl sites for hydroxylation is 2. The van der Waals surface area contributed by atoms with Gasteiger partial charge in [-0.15, -0.1) is 0 Å². The van der Waals surface area contributed by atoms with E-state index in [0.29, 0.717) is 18.8 Å². The molecule has 28 heavy (non-hydrogen) atoms. The molecule has 0 aliphatic carbocycles. The summed E-state index contributed by atoms with van der Waals surface area (Å²) in [4.78, 5) is 32.3. The lowest BCUT2D eigenvalue weighted by Crippen LogP contribution is -2.30. The van der Waals surface area contributed by atoms with Crippen molar-refractivity contribution < 1.29 is 4.79 Å². The van der Waals surface area contributed by atoms with Crippen molar-refractivity contribution in [3.63, 3.8) is 0 Å². The van der Waals surface area contributed by atoms with Gasteiger partial charge in [0.1, 0.15) is 5.69 Å². The second-order valence-corrected chi connectivity index (χ2v) is 6.85. The number of aromatic amines is 1. The Morgan fingerprint density at radius 1 is 1.14 bits per heavy atom. The van der Waals surface area contributed by atoms with Crippen LogP contribution in [0.15, 0.2) is 59.5 Å². The lowest BCUT2D eigenvalue weighted by Gasteiger charge is -2.11. The van der Waals surface area contributed by atoms with Gasteiger partial charge in [-0.2, -0.15) is 0 Å². The van der Waals surface area contributed by atoms with Gasteiger partial charge in [-0.1, -0.05) is 30.3 Å². The first-order valence-corrected chi connectivity index (χ1v) is 9.41. The molecule has 2 heterocycles. The van der Waals surface area contributed by atoms with Crippen LogP contribution >= 0.6 is 0 Å². The van der Waals surface area contributed by atoms with Crippen LogP contribution in [0.25, 0.3) is 21.9 Å². The van der Waals surface area contributed by atoms with Gasteiger partial charge in [-0.3, -0.25) is 9.59 Å². The van der Waals surface area contributed by atoms with Crippen molar-refractivity contribution in [2.24, 2.45) is 0 Å². The van der Waals surface area contributed by atoms with Crippen LogP contribution in [0, 0.1) is 6.92 Å². The van der Waals surface area contributed by atoms with E-state index in [2.05, 4.69) is 21.4 Å². The molecule has 0 radical (unpaired) electrons. The fraction of sp³-hybridized carbons (Fsp3) is 0.227. The van der Waals surface area contributed by atoms with Gasteiger partial charge in [0.25, 0.3) is 5.56 Å². The van der Waals surface area contributed by atoms with E-state index in [-0.39, 0.29) is 17.9 Å². The van der Waals surface area contributed by atoms with Gasteiger partial charge >= 0.3 is 0 Å². The topological polar surface area (TPSA) is 79.8 Å². The Morgan fingerprint density at radius 2 is 1.93 bits per heavy atom. The molecular weight excluding hydrogens is 352 g/mol. The number of hydrogen-bond donors (Lipinski definition) is 2. The molecule has 0 aliphatic heterocycles. The van der Waals surface area contributed by atoms with Gasteiger partial charge in [-0.25, -0.2) is 4.98 Å². The fourth-order valence-electron chi connectivity index (χ4n) is 3.52. The first kappa shape index (κ1) is 18.0. The Hall–Kier alpha value is -3.41. The number of nitrogens with one attached hydrogen (secondary N) is 2. The van der Waals surface area contributed by atoms with Crippen LogP contribution in [0.1, 0.15) is 17.7 Å². The monoisotopic (exact) mass is 374 g/mol. The number of rotatable bonds is 6. The van der Waals surface area contributed by atoms with Crippen LogP contribution in [0.3, 0.4) is 0 Å². The third-order valence-electron chi connectivity index (χ3n) is 4.97. The minimum absolute atomic E-state index is 0.0645. The van der Waals surface area contributed by atoms with Crippen LogP contribution in [0.4, 0.5) is 0 Å². The molecule has 0 fully saturated rings. The molecule has 2 aromatic carbocycles. The second kappa shape index (κ2) is 7.68. The number of aromatic nitrogens is 3. The molecule has 4 rings (SSSR count). The molecule has 6 nitrogen and oxygen atoms in total. The summed E-state index contributed by atoms with van der Waals surface area (Å²) in [6.07, 6.45) is 3.00. The molecule has 6 heteroatoms. The quantitative estimate of drug-likeness (QED) is 0.545. The van der Waals surface area contributed by atoms with E-state index in [1.165, 1.54) is 10.9 Å². The molecule has 4 aromatic rings. The zero-order valence-corrected chi connectivity index (χ0v) is 15.7. The predicted octanol–water partition coefficient (Wildman–Crippen LogP) is 2.94. The number of fused-ring (bicyclic) bond motifs is 2. The Morgan fingerprint density at radius 3 is 2.82 bits per heavy atom. The average Bonchev–Trinajstić information content (AvgIpc) is 3.12. The van der Waals surface area contributed by atoms with Gasteiger partial charge in [0.05, 0.1) is 11.0 Å². The Labute approximate surface area is 162 Å². The zero-order valence-electron chi connectivity index (χ0n) is 15.7. The summed E-state index contributed by atoms with van der Waals surface area (Å²) in [6.45, 7) is 2.60. The highest BCUT2D eigenvalue weighted by Gasteiger charge is 2.10. The number of nitrogens with zero attached hydrogens (tertiary/aromatic N) is 2. The highest BCUT2D eigenvalue weighted by molar-refractivity contribution is 5.83. The molecule has 0 bridgehead atoms. The first-order valence-electron chi connectivity index (χ1n) is 9.41. The summed E-state index contributed by atoms with van der Waals surface area (Å²) < 4.78 is 1.64. The Kier molecular flexibility index (Phi) is 4.93. The Bertz CT molecular complexity index is 1210. The van der Waals surface area contributed by atoms with Crippen molar-refractivity contribution in [1.82, 2.24) is 19.9 Å². The number of carbonyl (C=O) groups excluding carboxylic acids is 1. The molecule has 142 valence electrons. The number of hydrogen-bond acceptors (Lipinski definition) is 3. The van der Waals surface area contributed by atoms with Crippen LogP contribution in [0.5, 0.6) is 0 Å². The number of para-hydroxylation sites is 3. The van der Waals surface area contributed by atoms with Crippen molar-refractivity contribution in [3.8, 4) is 0 Å². The molecule has 0 unspecified atom stereocenters.